The Bertz CT molecular complexity index is 855. The normalized spacial score (nSPS) is 12.2. The van der Waals surface area contributed by atoms with Crippen molar-refractivity contribution in [3.05, 3.63) is 45.2 Å². The fraction of sp³-hybridized carbons (Fsp3) is 0.308. The maximum Gasteiger partial charge on any atom is 0.271 e. The maximum absolute atomic E-state index is 12.3. The van der Waals surface area contributed by atoms with E-state index in [1.54, 1.807) is 0 Å². The van der Waals surface area contributed by atoms with Crippen molar-refractivity contribution >= 4 is 33.1 Å². The van der Waals surface area contributed by atoms with Crippen LogP contribution < -0.4 is 4.72 Å². The van der Waals surface area contributed by atoms with E-state index in [0.29, 0.717) is 5.76 Å². The molecule has 0 saturated carbocycles. The van der Waals surface area contributed by atoms with Gasteiger partial charge in [-0.15, -0.1) is 0 Å². The van der Waals surface area contributed by atoms with E-state index < -0.39 is 14.9 Å². The third-order valence-electron chi connectivity index (χ3n) is 2.90. The van der Waals surface area contributed by atoms with Gasteiger partial charge in [0, 0.05) is 23.6 Å². The minimum Gasteiger partial charge on any atom is -0.359 e. The lowest BCUT2D eigenvalue weighted by molar-refractivity contribution is -0.384. The lowest BCUT2D eigenvalue weighted by atomic mass is 9.93. The molecule has 10 heteroatoms. The van der Waals surface area contributed by atoms with E-state index in [1.807, 2.05) is 20.8 Å². The molecule has 0 radical (unpaired) electrons. The number of non-ortho nitro benzene ring substituents is 1. The van der Waals surface area contributed by atoms with Crippen molar-refractivity contribution < 1.29 is 17.9 Å². The summed E-state index contributed by atoms with van der Waals surface area (Å²) in [6.45, 7) is 5.66. The number of halogens is 1. The summed E-state index contributed by atoms with van der Waals surface area (Å²) in [6.07, 6.45) is 0. The summed E-state index contributed by atoms with van der Waals surface area (Å²) in [5.41, 5.74) is -0.632. The highest BCUT2D eigenvalue weighted by atomic mass is 35.5. The Labute approximate surface area is 137 Å². The van der Waals surface area contributed by atoms with Crippen molar-refractivity contribution in [2.24, 2.45) is 0 Å². The molecule has 1 aromatic carbocycles. The summed E-state index contributed by atoms with van der Waals surface area (Å²) in [5.74, 6) is 0.509. The Morgan fingerprint density at radius 3 is 2.43 bits per heavy atom. The molecule has 0 aliphatic heterocycles. The number of anilines is 1. The fourth-order valence-corrected chi connectivity index (χ4v) is 3.21. The molecule has 124 valence electrons. The van der Waals surface area contributed by atoms with Gasteiger partial charge in [0.05, 0.1) is 9.95 Å². The highest BCUT2D eigenvalue weighted by Crippen LogP contribution is 2.29. The van der Waals surface area contributed by atoms with Gasteiger partial charge >= 0.3 is 0 Å². The molecule has 0 spiro atoms. The zero-order valence-corrected chi connectivity index (χ0v) is 14.1. The van der Waals surface area contributed by atoms with Crippen LogP contribution in [0.15, 0.2) is 33.7 Å². The first-order chi connectivity index (χ1) is 10.5. The van der Waals surface area contributed by atoms with Crippen molar-refractivity contribution in [1.82, 2.24) is 5.16 Å². The molecule has 1 heterocycles. The molecule has 0 saturated heterocycles. The average molecular weight is 360 g/mol. The van der Waals surface area contributed by atoms with Gasteiger partial charge in [0.25, 0.3) is 15.7 Å². The molecule has 1 aromatic heterocycles. The summed E-state index contributed by atoms with van der Waals surface area (Å²) in [5, 5.41) is 14.1. The number of nitrogens with zero attached hydrogens (tertiary/aromatic N) is 2. The second-order valence-electron chi connectivity index (χ2n) is 5.80. The predicted molar refractivity (Wildman–Crippen MR) is 84.1 cm³/mol. The van der Waals surface area contributed by atoms with Crippen LogP contribution in [-0.4, -0.2) is 18.5 Å². The molecule has 0 amide bonds. The van der Waals surface area contributed by atoms with Crippen molar-refractivity contribution in [2.45, 2.75) is 31.1 Å². The minimum absolute atomic E-state index is 0.00402. The van der Waals surface area contributed by atoms with Crippen LogP contribution in [0.3, 0.4) is 0 Å². The van der Waals surface area contributed by atoms with E-state index in [4.69, 9.17) is 16.1 Å². The van der Waals surface area contributed by atoms with Gasteiger partial charge in [-0.1, -0.05) is 37.5 Å². The van der Waals surface area contributed by atoms with E-state index >= 15 is 0 Å². The molecule has 0 aliphatic rings. The lowest BCUT2D eigenvalue weighted by Crippen LogP contribution is -2.14. The van der Waals surface area contributed by atoms with Crippen LogP contribution >= 0.6 is 11.6 Å². The molecule has 23 heavy (non-hydrogen) atoms. The number of hydrogen-bond acceptors (Lipinski definition) is 6. The van der Waals surface area contributed by atoms with E-state index in [9.17, 15) is 18.5 Å². The number of nitro benzene ring substituents is 1. The summed E-state index contributed by atoms with van der Waals surface area (Å²) in [4.78, 5) is 9.71. The second kappa shape index (κ2) is 5.82. The molecule has 0 unspecified atom stereocenters. The van der Waals surface area contributed by atoms with Gasteiger partial charge in [-0.25, -0.2) is 8.42 Å². The molecular formula is C13H14ClN3O5S. The van der Waals surface area contributed by atoms with Crippen LogP contribution in [0.4, 0.5) is 11.5 Å². The zero-order valence-electron chi connectivity index (χ0n) is 12.5. The summed E-state index contributed by atoms with van der Waals surface area (Å²) in [7, 11) is -4.05. The van der Waals surface area contributed by atoms with Crippen molar-refractivity contribution in [3.8, 4) is 0 Å². The zero-order chi connectivity index (χ0) is 17.4. The van der Waals surface area contributed by atoms with Crippen LogP contribution in [0, 0.1) is 10.1 Å². The number of aromatic nitrogens is 1. The first kappa shape index (κ1) is 17.2. The van der Waals surface area contributed by atoms with Crippen LogP contribution in [0.5, 0.6) is 0 Å². The standard InChI is InChI=1S/C13H14ClN3O5S/c1-13(2,3)11-7-12(15-22-11)16-23(20,21)10-5-4-8(17(18)19)6-9(10)14/h4-7H,1-3H3,(H,15,16). The SMILES string of the molecule is CC(C)(C)c1cc(NS(=O)(=O)c2ccc([N+](=O)[O-])cc2Cl)no1. The third-order valence-corrected chi connectivity index (χ3v) is 4.74. The Hall–Kier alpha value is -2.13. The fourth-order valence-electron chi connectivity index (χ4n) is 1.69. The van der Waals surface area contributed by atoms with Crippen molar-refractivity contribution in [1.29, 1.82) is 0 Å². The van der Waals surface area contributed by atoms with Crippen molar-refractivity contribution in [3.63, 3.8) is 0 Å². The Morgan fingerprint density at radius 2 is 1.96 bits per heavy atom. The number of nitrogens with one attached hydrogen (secondary N) is 1. The van der Waals surface area contributed by atoms with Gasteiger partial charge in [0.15, 0.2) is 5.82 Å². The minimum atomic E-state index is -4.05. The smallest absolute Gasteiger partial charge is 0.271 e. The molecule has 2 aromatic rings. The largest absolute Gasteiger partial charge is 0.359 e. The van der Waals surface area contributed by atoms with Gasteiger partial charge < -0.3 is 4.52 Å². The lowest BCUT2D eigenvalue weighted by Gasteiger charge is -2.12. The molecule has 0 aliphatic carbocycles. The summed E-state index contributed by atoms with van der Waals surface area (Å²) < 4.78 is 32.0. The topological polar surface area (TPSA) is 115 Å². The van der Waals surface area contributed by atoms with Gasteiger partial charge in [-0.3, -0.25) is 14.8 Å². The number of rotatable bonds is 4. The number of benzene rings is 1. The predicted octanol–water partition coefficient (Wildman–Crippen LogP) is 3.33. The van der Waals surface area contributed by atoms with E-state index in [1.165, 1.54) is 6.07 Å². The molecule has 0 bridgehead atoms. The first-order valence-corrected chi connectivity index (χ1v) is 8.31. The Balaban J connectivity index is 2.32. The van der Waals surface area contributed by atoms with E-state index in [2.05, 4.69) is 9.88 Å². The molecule has 0 atom stereocenters. The van der Waals surface area contributed by atoms with E-state index in [0.717, 1.165) is 18.2 Å². The molecular weight excluding hydrogens is 346 g/mol. The summed E-state index contributed by atoms with van der Waals surface area (Å²) >= 11 is 5.83. The molecule has 0 fully saturated rings. The van der Waals surface area contributed by atoms with Crippen LogP contribution in [0.25, 0.3) is 0 Å². The quantitative estimate of drug-likeness (QED) is 0.661. The third kappa shape index (κ3) is 3.80. The van der Waals surface area contributed by atoms with Gasteiger partial charge in [-0.2, -0.15) is 0 Å². The van der Waals surface area contributed by atoms with Gasteiger partial charge in [-0.05, 0) is 6.07 Å². The second-order valence-corrected chi connectivity index (χ2v) is 7.86. The summed E-state index contributed by atoms with van der Waals surface area (Å²) in [6, 6.07) is 4.56. The van der Waals surface area contributed by atoms with Crippen LogP contribution in [0.1, 0.15) is 26.5 Å². The van der Waals surface area contributed by atoms with E-state index in [-0.39, 0.29) is 26.8 Å². The molecule has 2 rings (SSSR count). The number of sulfonamides is 1. The average Bonchev–Trinajstić information content (AvgIpc) is 2.85. The number of hydrogen-bond donors (Lipinski definition) is 1. The highest BCUT2D eigenvalue weighted by molar-refractivity contribution is 7.92. The Kier molecular flexibility index (Phi) is 4.36. The Morgan fingerprint density at radius 1 is 1.30 bits per heavy atom. The molecule has 8 nitrogen and oxygen atoms in total. The van der Waals surface area contributed by atoms with Gasteiger partial charge in [0.1, 0.15) is 10.7 Å². The molecule has 1 N–H and O–H groups in total. The van der Waals surface area contributed by atoms with Crippen LogP contribution in [0.2, 0.25) is 5.02 Å². The van der Waals surface area contributed by atoms with Gasteiger partial charge in [0.2, 0.25) is 0 Å². The first-order valence-electron chi connectivity index (χ1n) is 6.45. The number of nitro groups is 1. The highest BCUT2D eigenvalue weighted by Gasteiger charge is 2.24. The maximum atomic E-state index is 12.3. The van der Waals surface area contributed by atoms with Crippen molar-refractivity contribution in [2.75, 3.05) is 4.72 Å². The van der Waals surface area contributed by atoms with Crippen LogP contribution in [-0.2, 0) is 15.4 Å². The monoisotopic (exact) mass is 359 g/mol.